The van der Waals surface area contributed by atoms with Crippen molar-refractivity contribution in [3.63, 3.8) is 0 Å². The molecule has 1 aromatic rings. The van der Waals surface area contributed by atoms with E-state index in [4.69, 9.17) is 4.74 Å². The first-order valence-corrected chi connectivity index (χ1v) is 11.9. The highest BCUT2D eigenvalue weighted by atomic mass is 19.4. The molecule has 2 rings (SSSR count). The van der Waals surface area contributed by atoms with Crippen molar-refractivity contribution in [3.8, 4) is 11.5 Å². The lowest BCUT2D eigenvalue weighted by atomic mass is 9.86. The number of hydrogen-bond acceptors (Lipinski definition) is 2. The van der Waals surface area contributed by atoms with E-state index >= 15 is 0 Å². The summed E-state index contributed by atoms with van der Waals surface area (Å²) in [5.41, 5.74) is 3.99. The van der Waals surface area contributed by atoms with Crippen molar-refractivity contribution in [2.24, 2.45) is 0 Å². The first-order valence-electron chi connectivity index (χ1n) is 11.9. The summed E-state index contributed by atoms with van der Waals surface area (Å²) in [6.45, 7) is 11.7. The summed E-state index contributed by atoms with van der Waals surface area (Å²) in [5, 5.41) is 10.2. The Bertz CT molecular complexity index is 918. The van der Waals surface area contributed by atoms with E-state index in [1.807, 2.05) is 53.7 Å². The third-order valence-corrected chi connectivity index (χ3v) is 6.51. The van der Waals surface area contributed by atoms with E-state index in [2.05, 4.69) is 6.08 Å². The van der Waals surface area contributed by atoms with Crippen molar-refractivity contribution in [2.75, 3.05) is 0 Å². The second-order valence-electron chi connectivity index (χ2n) is 9.87. The van der Waals surface area contributed by atoms with Crippen LogP contribution in [0.4, 0.5) is 13.2 Å². The van der Waals surface area contributed by atoms with Gasteiger partial charge in [-0.1, -0.05) is 29.4 Å². The van der Waals surface area contributed by atoms with Crippen molar-refractivity contribution in [3.05, 3.63) is 57.7 Å². The lowest BCUT2D eigenvalue weighted by Gasteiger charge is -2.37. The zero-order chi connectivity index (χ0) is 24.8. The molecule has 0 saturated carbocycles. The van der Waals surface area contributed by atoms with Crippen molar-refractivity contribution < 1.29 is 23.0 Å². The maximum Gasteiger partial charge on any atom is 0.412 e. The molecule has 1 unspecified atom stereocenters. The molecule has 0 aliphatic carbocycles. The fourth-order valence-electron chi connectivity index (χ4n) is 4.34. The van der Waals surface area contributed by atoms with E-state index in [-0.39, 0.29) is 6.42 Å². The molecule has 33 heavy (non-hydrogen) atoms. The van der Waals surface area contributed by atoms with Crippen LogP contribution in [0, 0.1) is 13.8 Å². The summed E-state index contributed by atoms with van der Waals surface area (Å²) >= 11 is 0. The zero-order valence-corrected chi connectivity index (χ0v) is 21.0. The first kappa shape index (κ1) is 27.1. The van der Waals surface area contributed by atoms with Gasteiger partial charge in [-0.15, -0.1) is 0 Å². The molecule has 184 valence electrons. The summed E-state index contributed by atoms with van der Waals surface area (Å²) in [5.74, 6) is 1.03. The van der Waals surface area contributed by atoms with Gasteiger partial charge >= 0.3 is 6.18 Å². The fraction of sp³-hybridized carbons (Fsp3) is 0.571. The number of benzene rings is 1. The quantitative estimate of drug-likeness (QED) is 0.370. The second kappa shape index (κ2) is 11.3. The lowest BCUT2D eigenvalue weighted by Crippen LogP contribution is -2.36. The Labute approximate surface area is 197 Å². The predicted octanol–water partition coefficient (Wildman–Crippen LogP) is 8.83. The molecule has 1 atom stereocenters. The summed E-state index contributed by atoms with van der Waals surface area (Å²) in [4.78, 5) is 0. The van der Waals surface area contributed by atoms with Crippen LogP contribution in [0.3, 0.4) is 0 Å². The number of ether oxygens (including phenoxy) is 1. The van der Waals surface area contributed by atoms with Gasteiger partial charge in [-0.2, -0.15) is 13.2 Å². The second-order valence-corrected chi connectivity index (χ2v) is 9.87. The summed E-state index contributed by atoms with van der Waals surface area (Å²) in [6.07, 6.45) is 5.62. The molecule has 0 aromatic heterocycles. The molecule has 5 heteroatoms. The van der Waals surface area contributed by atoms with E-state index in [0.29, 0.717) is 31.4 Å². The predicted molar refractivity (Wildman–Crippen MR) is 130 cm³/mol. The summed E-state index contributed by atoms with van der Waals surface area (Å²) in [6, 6.07) is 1.83. The van der Waals surface area contributed by atoms with E-state index in [9.17, 15) is 18.3 Å². The van der Waals surface area contributed by atoms with Gasteiger partial charge < -0.3 is 9.84 Å². The van der Waals surface area contributed by atoms with Gasteiger partial charge in [0.15, 0.2) is 0 Å². The smallest absolute Gasteiger partial charge is 0.412 e. The molecule has 1 aromatic carbocycles. The van der Waals surface area contributed by atoms with E-state index in [1.54, 1.807) is 0 Å². The Hall–Kier alpha value is -2.17. The molecule has 1 aliphatic heterocycles. The zero-order valence-electron chi connectivity index (χ0n) is 21.0. The van der Waals surface area contributed by atoms with E-state index in [1.165, 1.54) is 11.6 Å². The largest absolute Gasteiger partial charge is 0.507 e. The maximum atomic E-state index is 13.6. The third-order valence-electron chi connectivity index (χ3n) is 6.51. The molecule has 1 aliphatic rings. The number of phenols is 1. The average Bonchev–Trinajstić information content (AvgIpc) is 2.69. The van der Waals surface area contributed by atoms with Gasteiger partial charge in [0.1, 0.15) is 17.1 Å². The number of fused-ring (bicyclic) bond motifs is 1. The van der Waals surface area contributed by atoms with Crippen LogP contribution in [0.25, 0.3) is 0 Å². The van der Waals surface area contributed by atoms with Crippen molar-refractivity contribution in [1.29, 1.82) is 0 Å². The minimum Gasteiger partial charge on any atom is -0.507 e. The summed E-state index contributed by atoms with van der Waals surface area (Å²) < 4.78 is 46.9. The number of aromatic hydroxyl groups is 1. The summed E-state index contributed by atoms with van der Waals surface area (Å²) in [7, 11) is 0. The highest BCUT2D eigenvalue weighted by Crippen LogP contribution is 2.41. The molecule has 0 fully saturated rings. The van der Waals surface area contributed by atoms with Gasteiger partial charge in [-0.3, -0.25) is 0 Å². The van der Waals surface area contributed by atoms with Crippen LogP contribution in [-0.2, 0) is 6.42 Å². The Kier molecular flexibility index (Phi) is 9.28. The van der Waals surface area contributed by atoms with Crippen LogP contribution in [0.15, 0.2) is 41.0 Å². The Morgan fingerprint density at radius 1 is 1.06 bits per heavy atom. The van der Waals surface area contributed by atoms with Crippen molar-refractivity contribution in [1.82, 2.24) is 0 Å². The van der Waals surface area contributed by atoms with Gasteiger partial charge in [0.2, 0.25) is 0 Å². The van der Waals surface area contributed by atoms with Crippen molar-refractivity contribution in [2.45, 2.75) is 105 Å². The standard InChI is InChI=1S/C28H39F3O2/c1-19(2)10-7-11-20(3)12-8-13-23(28(29,30)31)14-9-16-27(6)17-15-24-22(5)26(32)21(4)18-25(24)33-27/h10,12,14,18,32H,7-9,11,13,15-17H2,1-6H3/b20-12+,23-14-. The molecule has 1 heterocycles. The van der Waals surface area contributed by atoms with Crippen molar-refractivity contribution >= 4 is 0 Å². The van der Waals surface area contributed by atoms with Crippen LogP contribution in [0.5, 0.6) is 11.5 Å². The Balaban J connectivity index is 1.99. The topological polar surface area (TPSA) is 29.5 Å². The highest BCUT2D eigenvalue weighted by molar-refractivity contribution is 5.53. The van der Waals surface area contributed by atoms with Crippen LogP contribution in [0.1, 0.15) is 89.3 Å². The minimum absolute atomic E-state index is 0.00154. The normalized spacial score (nSPS) is 19.2. The lowest BCUT2D eigenvalue weighted by molar-refractivity contribution is -0.0942. The number of aryl methyl sites for hydroxylation is 1. The number of phenolic OH excluding ortho intramolecular Hbond substituents is 1. The Morgan fingerprint density at radius 2 is 1.73 bits per heavy atom. The first-order chi connectivity index (χ1) is 15.3. The van der Waals surface area contributed by atoms with Crippen LogP contribution >= 0.6 is 0 Å². The van der Waals surface area contributed by atoms with Gasteiger partial charge in [0, 0.05) is 11.1 Å². The third kappa shape index (κ3) is 7.97. The molecule has 0 saturated heterocycles. The van der Waals surface area contributed by atoms with E-state index < -0.39 is 17.4 Å². The van der Waals surface area contributed by atoms with Gasteiger partial charge in [0.05, 0.1) is 0 Å². The van der Waals surface area contributed by atoms with Gasteiger partial charge in [-0.25, -0.2) is 0 Å². The molecule has 0 radical (unpaired) electrons. The maximum absolute atomic E-state index is 13.6. The molecule has 0 bridgehead atoms. The van der Waals surface area contributed by atoms with Crippen LogP contribution in [-0.4, -0.2) is 16.9 Å². The van der Waals surface area contributed by atoms with Crippen LogP contribution in [0.2, 0.25) is 0 Å². The monoisotopic (exact) mass is 464 g/mol. The SMILES string of the molecule is CC(C)=CCC/C(C)=C/CC/C(=C/CCC1(C)CCc2c(cc(C)c(O)c2C)O1)C(F)(F)F. The van der Waals surface area contributed by atoms with Crippen LogP contribution < -0.4 is 4.74 Å². The number of halogens is 3. The number of hydrogen-bond donors (Lipinski definition) is 1. The van der Waals surface area contributed by atoms with Gasteiger partial charge in [0.25, 0.3) is 0 Å². The molecule has 0 amide bonds. The molecule has 1 N–H and O–H groups in total. The number of allylic oxidation sites excluding steroid dienone is 6. The Morgan fingerprint density at radius 3 is 2.36 bits per heavy atom. The molecular weight excluding hydrogens is 425 g/mol. The average molecular weight is 465 g/mol. The number of alkyl halides is 3. The number of rotatable bonds is 9. The molecule has 0 spiro atoms. The molecule has 2 nitrogen and oxygen atoms in total. The fourth-order valence-corrected chi connectivity index (χ4v) is 4.34. The molecular formula is C28H39F3O2. The van der Waals surface area contributed by atoms with Gasteiger partial charge in [-0.05, 0) is 110 Å². The highest BCUT2D eigenvalue weighted by Gasteiger charge is 2.35. The minimum atomic E-state index is -4.31. The van der Waals surface area contributed by atoms with E-state index in [0.717, 1.165) is 47.3 Å².